The third-order valence-electron chi connectivity index (χ3n) is 2.40. The number of hydrogen-bond acceptors (Lipinski definition) is 6. The summed E-state index contributed by atoms with van der Waals surface area (Å²) in [5.41, 5.74) is -0.737. The van der Waals surface area contributed by atoms with Crippen molar-refractivity contribution in [3.8, 4) is 0 Å². The van der Waals surface area contributed by atoms with Gasteiger partial charge in [-0.3, -0.25) is 10.1 Å². The number of nitrogens with one attached hydrogen (secondary N) is 1. The Kier molecular flexibility index (Phi) is 5.15. The molecule has 0 aliphatic carbocycles. The van der Waals surface area contributed by atoms with Gasteiger partial charge in [-0.25, -0.2) is 0 Å². The summed E-state index contributed by atoms with van der Waals surface area (Å²) in [6.45, 7) is 5.82. The molecular formula is C11H20N4O2S. The minimum Gasteiger partial charge on any atom is -0.468 e. The standard InChI is InChI=1S/C11H20N4O2S/c1-8(2)13-11(3,9(16)17-5)6-18-10-14-12-7-15(10)4/h7-8,13H,6H2,1-5H3. The Balaban J connectivity index is 2.73. The molecule has 1 unspecified atom stereocenters. The smallest absolute Gasteiger partial charge is 0.326 e. The van der Waals surface area contributed by atoms with Crippen LogP contribution in [0.25, 0.3) is 0 Å². The first-order valence-electron chi connectivity index (χ1n) is 5.72. The van der Waals surface area contributed by atoms with Gasteiger partial charge in [-0.15, -0.1) is 10.2 Å². The Labute approximate surface area is 111 Å². The first-order chi connectivity index (χ1) is 8.39. The van der Waals surface area contributed by atoms with Gasteiger partial charge >= 0.3 is 5.97 Å². The molecule has 7 heteroatoms. The average molecular weight is 272 g/mol. The topological polar surface area (TPSA) is 69.0 Å². The highest BCUT2D eigenvalue weighted by Crippen LogP contribution is 2.21. The summed E-state index contributed by atoms with van der Waals surface area (Å²) in [6, 6.07) is 0.189. The number of rotatable bonds is 6. The van der Waals surface area contributed by atoms with E-state index in [9.17, 15) is 4.79 Å². The Morgan fingerprint density at radius 2 is 2.33 bits per heavy atom. The lowest BCUT2D eigenvalue weighted by atomic mass is 10.0. The number of carbonyl (C=O) groups excluding carboxylic acids is 1. The summed E-state index contributed by atoms with van der Waals surface area (Å²) in [5, 5.41) is 11.8. The van der Waals surface area contributed by atoms with E-state index in [0.29, 0.717) is 5.75 Å². The van der Waals surface area contributed by atoms with Crippen LogP contribution in [0, 0.1) is 0 Å². The molecule has 1 rings (SSSR count). The molecule has 0 aromatic carbocycles. The SMILES string of the molecule is COC(=O)C(C)(CSc1nncn1C)NC(C)C. The van der Waals surface area contributed by atoms with E-state index in [1.165, 1.54) is 18.9 Å². The Morgan fingerprint density at radius 3 is 2.78 bits per heavy atom. The molecule has 0 saturated carbocycles. The molecule has 1 aromatic heterocycles. The average Bonchev–Trinajstić information content (AvgIpc) is 2.70. The molecule has 1 atom stereocenters. The molecule has 0 aliphatic rings. The second kappa shape index (κ2) is 6.19. The highest BCUT2D eigenvalue weighted by Gasteiger charge is 2.35. The molecule has 18 heavy (non-hydrogen) atoms. The van der Waals surface area contributed by atoms with Crippen LogP contribution in [-0.2, 0) is 16.6 Å². The molecule has 0 fully saturated rings. The third kappa shape index (κ3) is 3.71. The molecule has 0 radical (unpaired) electrons. The molecule has 6 nitrogen and oxygen atoms in total. The van der Waals surface area contributed by atoms with Crippen molar-refractivity contribution in [3.63, 3.8) is 0 Å². The Bertz CT molecular complexity index is 408. The molecule has 1 heterocycles. The van der Waals surface area contributed by atoms with Gasteiger partial charge < -0.3 is 9.30 Å². The van der Waals surface area contributed by atoms with Crippen molar-refractivity contribution in [1.29, 1.82) is 0 Å². The van der Waals surface area contributed by atoms with Gasteiger partial charge in [0.15, 0.2) is 5.16 Å². The lowest BCUT2D eigenvalue weighted by Gasteiger charge is -2.29. The zero-order valence-corrected chi connectivity index (χ0v) is 12.2. The van der Waals surface area contributed by atoms with E-state index in [1.54, 1.807) is 6.33 Å². The van der Waals surface area contributed by atoms with Crippen molar-refractivity contribution in [3.05, 3.63) is 6.33 Å². The number of carbonyl (C=O) groups is 1. The molecule has 0 saturated heterocycles. The predicted octanol–water partition coefficient (Wildman–Crippen LogP) is 0.837. The van der Waals surface area contributed by atoms with Gasteiger partial charge in [0.25, 0.3) is 0 Å². The van der Waals surface area contributed by atoms with Crippen molar-refractivity contribution in [1.82, 2.24) is 20.1 Å². The van der Waals surface area contributed by atoms with Gasteiger partial charge in [0.05, 0.1) is 7.11 Å². The van der Waals surface area contributed by atoms with E-state index in [-0.39, 0.29) is 12.0 Å². The number of hydrogen-bond donors (Lipinski definition) is 1. The molecule has 0 bridgehead atoms. The molecule has 102 valence electrons. The van der Waals surface area contributed by atoms with Crippen molar-refractivity contribution in [2.45, 2.75) is 37.5 Å². The maximum Gasteiger partial charge on any atom is 0.326 e. The van der Waals surface area contributed by atoms with E-state index < -0.39 is 5.54 Å². The van der Waals surface area contributed by atoms with Crippen LogP contribution in [0.3, 0.4) is 0 Å². The molecule has 1 aromatic rings. The number of aromatic nitrogens is 3. The van der Waals surface area contributed by atoms with Crippen LogP contribution in [0.1, 0.15) is 20.8 Å². The van der Waals surface area contributed by atoms with Gasteiger partial charge in [0.2, 0.25) is 0 Å². The van der Waals surface area contributed by atoms with E-state index >= 15 is 0 Å². The highest BCUT2D eigenvalue weighted by molar-refractivity contribution is 7.99. The largest absolute Gasteiger partial charge is 0.468 e. The van der Waals surface area contributed by atoms with Crippen LogP contribution in [-0.4, -0.2) is 45.2 Å². The van der Waals surface area contributed by atoms with Gasteiger partial charge in [0, 0.05) is 18.8 Å². The number of aryl methyl sites for hydroxylation is 1. The molecule has 1 N–H and O–H groups in total. The monoisotopic (exact) mass is 272 g/mol. The van der Waals surface area contributed by atoms with Crippen LogP contribution in [0.15, 0.2) is 11.5 Å². The summed E-state index contributed by atoms with van der Waals surface area (Å²) in [5.74, 6) is 0.260. The summed E-state index contributed by atoms with van der Waals surface area (Å²) in [7, 11) is 3.27. The van der Waals surface area contributed by atoms with Gasteiger partial charge in [-0.1, -0.05) is 11.8 Å². The van der Waals surface area contributed by atoms with Crippen molar-refractivity contribution in [2.75, 3.05) is 12.9 Å². The van der Waals surface area contributed by atoms with Crippen LogP contribution >= 0.6 is 11.8 Å². The van der Waals surface area contributed by atoms with Crippen LogP contribution in [0.2, 0.25) is 0 Å². The van der Waals surface area contributed by atoms with E-state index in [4.69, 9.17) is 4.74 Å². The number of nitrogens with zero attached hydrogens (tertiary/aromatic N) is 3. The van der Waals surface area contributed by atoms with E-state index in [0.717, 1.165) is 5.16 Å². The van der Waals surface area contributed by atoms with E-state index in [2.05, 4.69) is 15.5 Å². The highest BCUT2D eigenvalue weighted by atomic mass is 32.2. The third-order valence-corrected chi connectivity index (χ3v) is 3.75. The Hall–Kier alpha value is -1.08. The van der Waals surface area contributed by atoms with Crippen molar-refractivity contribution < 1.29 is 9.53 Å². The maximum atomic E-state index is 11.9. The number of methoxy groups -OCH3 is 1. The molecule has 0 aliphatic heterocycles. The Morgan fingerprint density at radius 1 is 1.67 bits per heavy atom. The predicted molar refractivity (Wildman–Crippen MR) is 70.4 cm³/mol. The quantitative estimate of drug-likeness (QED) is 0.611. The fraction of sp³-hybridized carbons (Fsp3) is 0.727. The van der Waals surface area contributed by atoms with Crippen LogP contribution in [0.4, 0.5) is 0 Å². The van der Waals surface area contributed by atoms with Crippen molar-refractivity contribution in [2.24, 2.45) is 7.05 Å². The molecular weight excluding hydrogens is 252 g/mol. The van der Waals surface area contributed by atoms with Crippen LogP contribution in [0.5, 0.6) is 0 Å². The zero-order valence-electron chi connectivity index (χ0n) is 11.4. The number of thioether (sulfide) groups is 1. The minimum absolute atomic E-state index is 0.189. The minimum atomic E-state index is -0.737. The van der Waals surface area contributed by atoms with Crippen LogP contribution < -0.4 is 5.32 Å². The number of esters is 1. The van der Waals surface area contributed by atoms with Gasteiger partial charge in [-0.05, 0) is 20.8 Å². The summed E-state index contributed by atoms with van der Waals surface area (Å²) < 4.78 is 6.68. The summed E-state index contributed by atoms with van der Waals surface area (Å²) >= 11 is 1.47. The molecule has 0 amide bonds. The normalized spacial score (nSPS) is 14.6. The second-order valence-electron chi connectivity index (χ2n) is 4.64. The maximum absolute atomic E-state index is 11.9. The summed E-state index contributed by atoms with van der Waals surface area (Å²) in [6.07, 6.45) is 1.63. The lowest BCUT2D eigenvalue weighted by Crippen LogP contribution is -2.54. The first-order valence-corrected chi connectivity index (χ1v) is 6.70. The molecule has 0 spiro atoms. The van der Waals surface area contributed by atoms with Gasteiger partial charge in [0.1, 0.15) is 11.9 Å². The van der Waals surface area contributed by atoms with Gasteiger partial charge in [-0.2, -0.15) is 0 Å². The first kappa shape index (κ1) is 15.0. The van der Waals surface area contributed by atoms with Crippen molar-refractivity contribution >= 4 is 17.7 Å². The zero-order chi connectivity index (χ0) is 13.8. The van der Waals surface area contributed by atoms with E-state index in [1.807, 2.05) is 32.4 Å². The fourth-order valence-corrected chi connectivity index (χ4v) is 2.61. The number of ether oxygens (including phenoxy) is 1. The fourth-order valence-electron chi connectivity index (χ4n) is 1.63. The second-order valence-corrected chi connectivity index (χ2v) is 5.58. The summed E-state index contributed by atoms with van der Waals surface area (Å²) in [4.78, 5) is 11.9. The lowest BCUT2D eigenvalue weighted by molar-refractivity contribution is -0.147.